The first kappa shape index (κ1) is 18.4. The Kier molecular flexibility index (Phi) is 5.90. The lowest BCUT2D eigenvalue weighted by Crippen LogP contribution is -2.39. The minimum atomic E-state index is -0.757. The molecule has 0 bridgehead atoms. The summed E-state index contributed by atoms with van der Waals surface area (Å²) < 4.78 is 10.6. The molecule has 1 aliphatic heterocycles. The van der Waals surface area contributed by atoms with Gasteiger partial charge in [0, 0.05) is 13.1 Å². The molecule has 3 rings (SSSR count). The number of aromatic nitrogens is 2. The molecule has 1 atom stereocenters. The van der Waals surface area contributed by atoms with Crippen molar-refractivity contribution < 1.29 is 19.1 Å². The molecule has 1 saturated heterocycles. The molecule has 0 aromatic carbocycles. The van der Waals surface area contributed by atoms with Crippen LogP contribution in [-0.4, -0.2) is 54.7 Å². The molecular weight excluding hydrogens is 336 g/mol. The van der Waals surface area contributed by atoms with Gasteiger partial charge in [0.1, 0.15) is 6.04 Å². The highest BCUT2D eigenvalue weighted by Crippen LogP contribution is 2.30. The maximum atomic E-state index is 12.4. The number of carbonyl (C=O) groups excluding carboxylic acids is 2. The number of ether oxygens (including phenoxy) is 2. The summed E-state index contributed by atoms with van der Waals surface area (Å²) in [6.07, 6.45) is 7.24. The lowest BCUT2D eigenvalue weighted by molar-refractivity contribution is -0.142. The summed E-state index contributed by atoms with van der Waals surface area (Å²) in [6.45, 7) is 3.99. The lowest BCUT2D eigenvalue weighted by Gasteiger charge is -2.26. The van der Waals surface area contributed by atoms with Gasteiger partial charge in [0.2, 0.25) is 0 Å². The number of nitrogens with one attached hydrogen (secondary N) is 1. The molecule has 1 saturated carbocycles. The molecule has 8 heteroatoms. The number of rotatable bonds is 7. The van der Waals surface area contributed by atoms with Crippen LogP contribution in [0.4, 0.5) is 5.82 Å². The smallest absolute Gasteiger partial charge is 0.328 e. The molecule has 1 aromatic rings. The summed E-state index contributed by atoms with van der Waals surface area (Å²) in [7, 11) is 1.28. The van der Waals surface area contributed by atoms with Gasteiger partial charge in [-0.05, 0) is 38.5 Å². The van der Waals surface area contributed by atoms with Gasteiger partial charge in [0.15, 0.2) is 11.5 Å². The summed E-state index contributed by atoms with van der Waals surface area (Å²) in [6, 6.07) is -0.757. The third-order valence-electron chi connectivity index (χ3n) is 4.94. The van der Waals surface area contributed by atoms with Crippen molar-refractivity contribution in [3.05, 3.63) is 11.9 Å². The second kappa shape index (κ2) is 8.33. The van der Waals surface area contributed by atoms with Gasteiger partial charge in [-0.3, -0.25) is 4.79 Å². The Balaban J connectivity index is 1.75. The summed E-state index contributed by atoms with van der Waals surface area (Å²) in [5, 5.41) is 2.57. The molecule has 2 heterocycles. The Labute approximate surface area is 153 Å². The van der Waals surface area contributed by atoms with Gasteiger partial charge in [-0.15, -0.1) is 0 Å². The second-order valence-corrected chi connectivity index (χ2v) is 6.90. The molecule has 142 valence electrons. The first-order valence-corrected chi connectivity index (χ1v) is 9.22. The van der Waals surface area contributed by atoms with E-state index in [0.717, 1.165) is 25.9 Å². The van der Waals surface area contributed by atoms with Crippen LogP contribution in [-0.2, 0) is 9.53 Å². The summed E-state index contributed by atoms with van der Waals surface area (Å²) >= 11 is 0. The van der Waals surface area contributed by atoms with Gasteiger partial charge in [-0.2, -0.15) is 0 Å². The zero-order valence-corrected chi connectivity index (χ0v) is 15.4. The topological polar surface area (TPSA) is 93.6 Å². The van der Waals surface area contributed by atoms with E-state index < -0.39 is 17.9 Å². The average Bonchev–Trinajstić information content (AvgIpc) is 3.13. The van der Waals surface area contributed by atoms with Crippen LogP contribution in [0.1, 0.15) is 49.5 Å². The number of carbonyl (C=O) groups is 2. The van der Waals surface area contributed by atoms with Crippen LogP contribution in [0.25, 0.3) is 0 Å². The number of esters is 1. The van der Waals surface area contributed by atoms with Crippen molar-refractivity contribution in [1.29, 1.82) is 0 Å². The summed E-state index contributed by atoms with van der Waals surface area (Å²) in [5.41, 5.74) is 0.132. The molecule has 0 spiro atoms. The molecule has 8 nitrogen and oxygen atoms in total. The molecular formula is C18H26N4O4. The van der Waals surface area contributed by atoms with Gasteiger partial charge in [-0.25, -0.2) is 14.8 Å². The molecule has 0 unspecified atom stereocenters. The van der Waals surface area contributed by atoms with Crippen molar-refractivity contribution in [3.63, 3.8) is 0 Å². The maximum absolute atomic E-state index is 12.4. The second-order valence-electron chi connectivity index (χ2n) is 6.90. The number of hydrogen-bond acceptors (Lipinski definition) is 7. The van der Waals surface area contributed by atoms with E-state index in [-0.39, 0.29) is 5.69 Å². The highest BCUT2D eigenvalue weighted by Gasteiger charge is 2.25. The Bertz CT molecular complexity index is 657. The number of methoxy groups -OCH3 is 1. The summed E-state index contributed by atoms with van der Waals surface area (Å²) in [5.74, 6) is 0.662. The molecule has 1 N–H and O–H groups in total. The van der Waals surface area contributed by atoms with Crippen molar-refractivity contribution in [2.75, 3.05) is 31.7 Å². The standard InChI is InChI=1S/C18H26N4O4/c1-12(18(24)25-2)20-16(23)14-10-19-15(22-8-3-4-9-22)17(21-14)26-11-13-6-5-7-13/h10,12-13H,3-9,11H2,1-2H3,(H,20,23)/t12-/m1/s1. The van der Waals surface area contributed by atoms with Crippen molar-refractivity contribution in [3.8, 4) is 5.88 Å². The van der Waals surface area contributed by atoms with Gasteiger partial charge in [0.25, 0.3) is 11.8 Å². The number of amides is 1. The van der Waals surface area contributed by atoms with E-state index in [0.29, 0.717) is 24.2 Å². The Morgan fingerprint density at radius 1 is 1.31 bits per heavy atom. The average molecular weight is 362 g/mol. The predicted molar refractivity (Wildman–Crippen MR) is 95.3 cm³/mol. The third-order valence-corrected chi connectivity index (χ3v) is 4.94. The minimum Gasteiger partial charge on any atom is -0.475 e. The van der Waals surface area contributed by atoms with Crippen molar-refractivity contribution in [2.45, 2.75) is 45.1 Å². The third kappa shape index (κ3) is 4.23. The Hall–Kier alpha value is -2.38. The van der Waals surface area contributed by atoms with Crippen molar-refractivity contribution in [1.82, 2.24) is 15.3 Å². The first-order valence-electron chi connectivity index (χ1n) is 9.22. The van der Waals surface area contributed by atoms with Gasteiger partial charge >= 0.3 is 5.97 Å². The van der Waals surface area contributed by atoms with E-state index in [1.807, 2.05) is 0 Å². The van der Waals surface area contributed by atoms with Crippen LogP contribution < -0.4 is 15.0 Å². The van der Waals surface area contributed by atoms with Crippen LogP contribution in [0.5, 0.6) is 5.88 Å². The van der Waals surface area contributed by atoms with Crippen molar-refractivity contribution >= 4 is 17.7 Å². The largest absolute Gasteiger partial charge is 0.475 e. The fraction of sp³-hybridized carbons (Fsp3) is 0.667. The zero-order chi connectivity index (χ0) is 18.5. The molecule has 0 radical (unpaired) electrons. The monoisotopic (exact) mass is 362 g/mol. The molecule has 1 aliphatic carbocycles. The van der Waals surface area contributed by atoms with E-state index in [4.69, 9.17) is 4.74 Å². The van der Waals surface area contributed by atoms with E-state index in [1.165, 1.54) is 32.6 Å². The zero-order valence-electron chi connectivity index (χ0n) is 15.4. The predicted octanol–water partition coefficient (Wildman–Crippen LogP) is 1.55. The van der Waals surface area contributed by atoms with Crippen LogP contribution >= 0.6 is 0 Å². The van der Waals surface area contributed by atoms with Crippen LogP contribution in [0.3, 0.4) is 0 Å². The van der Waals surface area contributed by atoms with Gasteiger partial charge in [-0.1, -0.05) is 6.42 Å². The Morgan fingerprint density at radius 2 is 2.04 bits per heavy atom. The Morgan fingerprint density at radius 3 is 2.65 bits per heavy atom. The van der Waals surface area contributed by atoms with E-state index in [9.17, 15) is 9.59 Å². The summed E-state index contributed by atoms with van der Waals surface area (Å²) in [4.78, 5) is 34.8. The van der Waals surface area contributed by atoms with Crippen molar-refractivity contribution in [2.24, 2.45) is 5.92 Å². The SMILES string of the molecule is COC(=O)[C@@H](C)NC(=O)c1cnc(N2CCCC2)c(OCC2CCC2)n1. The van der Waals surface area contributed by atoms with E-state index >= 15 is 0 Å². The minimum absolute atomic E-state index is 0.132. The van der Waals surface area contributed by atoms with E-state index in [2.05, 4.69) is 24.9 Å². The molecule has 1 aromatic heterocycles. The normalized spacial score (nSPS) is 18.2. The van der Waals surface area contributed by atoms with Crippen LogP contribution in [0.15, 0.2) is 6.20 Å². The molecule has 2 aliphatic rings. The quantitative estimate of drug-likeness (QED) is 0.736. The van der Waals surface area contributed by atoms with Crippen LogP contribution in [0.2, 0.25) is 0 Å². The molecule has 1 amide bonds. The van der Waals surface area contributed by atoms with Gasteiger partial charge < -0.3 is 19.7 Å². The molecule has 2 fully saturated rings. The number of hydrogen-bond donors (Lipinski definition) is 1. The number of anilines is 1. The molecule has 26 heavy (non-hydrogen) atoms. The fourth-order valence-corrected chi connectivity index (χ4v) is 3.08. The van der Waals surface area contributed by atoms with E-state index in [1.54, 1.807) is 6.92 Å². The van der Waals surface area contributed by atoms with Crippen LogP contribution in [0, 0.1) is 5.92 Å². The number of nitrogens with zero attached hydrogens (tertiary/aromatic N) is 3. The first-order chi connectivity index (χ1) is 12.6. The lowest BCUT2D eigenvalue weighted by atomic mass is 9.86. The maximum Gasteiger partial charge on any atom is 0.328 e. The fourth-order valence-electron chi connectivity index (χ4n) is 3.08. The highest BCUT2D eigenvalue weighted by atomic mass is 16.5. The van der Waals surface area contributed by atoms with Gasteiger partial charge in [0.05, 0.1) is 19.9 Å². The highest BCUT2D eigenvalue weighted by molar-refractivity contribution is 5.95.